The SMILES string of the molecule is CC1=NC(C#Cc2cnc(N3CCSCC3)nc2)=C[I-]1. The first-order chi connectivity index (χ1) is 9.81. The average Bonchev–Trinajstić information content (AvgIpc) is 2.92. The van der Waals surface area contributed by atoms with Crippen molar-refractivity contribution in [1.29, 1.82) is 0 Å². The molecule has 6 heteroatoms. The Balaban J connectivity index is 1.69. The van der Waals surface area contributed by atoms with Crippen molar-refractivity contribution in [1.82, 2.24) is 9.97 Å². The molecular weight excluding hydrogens is 383 g/mol. The molecule has 0 bridgehead atoms. The maximum absolute atomic E-state index is 4.42. The van der Waals surface area contributed by atoms with E-state index >= 15 is 0 Å². The fourth-order valence-electron chi connectivity index (χ4n) is 1.85. The second-order valence-electron chi connectivity index (χ2n) is 4.33. The number of halogens is 1. The van der Waals surface area contributed by atoms with Crippen molar-refractivity contribution in [2.24, 2.45) is 4.99 Å². The molecule has 1 fully saturated rings. The molecule has 1 aromatic heterocycles. The first kappa shape index (κ1) is 13.9. The van der Waals surface area contributed by atoms with Crippen molar-refractivity contribution >= 4 is 21.4 Å². The molecule has 4 nitrogen and oxygen atoms in total. The third kappa shape index (κ3) is 3.52. The molecule has 104 valence electrons. The summed E-state index contributed by atoms with van der Waals surface area (Å²) < 4.78 is 3.38. The van der Waals surface area contributed by atoms with Crippen molar-refractivity contribution in [2.75, 3.05) is 29.5 Å². The van der Waals surface area contributed by atoms with Crippen molar-refractivity contribution in [2.45, 2.75) is 6.92 Å². The monoisotopic (exact) mass is 397 g/mol. The Morgan fingerprint density at radius 2 is 1.95 bits per heavy atom. The number of thioether (sulfide) groups is 1. The first-order valence-electron chi connectivity index (χ1n) is 6.37. The van der Waals surface area contributed by atoms with Gasteiger partial charge < -0.3 is 0 Å². The van der Waals surface area contributed by atoms with Crippen molar-refractivity contribution in [3.05, 3.63) is 27.7 Å². The Labute approximate surface area is 133 Å². The van der Waals surface area contributed by atoms with Crippen LogP contribution < -0.4 is 26.1 Å². The molecule has 0 N–H and O–H groups in total. The fraction of sp³-hybridized carbons (Fsp3) is 0.357. The molecule has 3 heterocycles. The summed E-state index contributed by atoms with van der Waals surface area (Å²) in [5, 5.41) is 0. The van der Waals surface area contributed by atoms with E-state index in [2.05, 4.69) is 42.7 Å². The van der Waals surface area contributed by atoms with Gasteiger partial charge in [0, 0.05) is 0 Å². The molecule has 2 aliphatic heterocycles. The van der Waals surface area contributed by atoms with E-state index < -0.39 is 0 Å². The molecule has 1 aromatic rings. The van der Waals surface area contributed by atoms with Crippen molar-refractivity contribution in [3.8, 4) is 11.8 Å². The topological polar surface area (TPSA) is 41.4 Å². The summed E-state index contributed by atoms with van der Waals surface area (Å²) in [5.41, 5.74) is 1.74. The summed E-state index contributed by atoms with van der Waals surface area (Å²) >= 11 is 1.97. The van der Waals surface area contributed by atoms with E-state index in [1.165, 1.54) is 3.72 Å². The number of hydrogen-bond donors (Lipinski definition) is 0. The minimum absolute atomic E-state index is 0.0124. The number of rotatable bonds is 1. The number of anilines is 1. The summed E-state index contributed by atoms with van der Waals surface area (Å²) in [6, 6.07) is 0. The summed E-state index contributed by atoms with van der Waals surface area (Å²) in [4.78, 5) is 15.5. The van der Waals surface area contributed by atoms with Crippen LogP contribution in [0.25, 0.3) is 0 Å². The zero-order valence-electron chi connectivity index (χ0n) is 11.1. The van der Waals surface area contributed by atoms with E-state index in [-0.39, 0.29) is 21.2 Å². The van der Waals surface area contributed by atoms with Crippen LogP contribution in [0.15, 0.2) is 27.2 Å². The Morgan fingerprint density at radius 1 is 1.20 bits per heavy atom. The van der Waals surface area contributed by atoms with Gasteiger partial charge in [-0.3, -0.25) is 0 Å². The minimum atomic E-state index is -0.0124. The Kier molecular flexibility index (Phi) is 4.58. The summed E-state index contributed by atoms with van der Waals surface area (Å²) in [7, 11) is 0. The van der Waals surface area contributed by atoms with Crippen LogP contribution in [0.5, 0.6) is 0 Å². The van der Waals surface area contributed by atoms with Crippen LogP contribution in [0.3, 0.4) is 0 Å². The van der Waals surface area contributed by atoms with Crippen LogP contribution in [0.4, 0.5) is 5.95 Å². The fourth-order valence-corrected chi connectivity index (χ4v) is 4.19. The van der Waals surface area contributed by atoms with Gasteiger partial charge in [0.1, 0.15) is 0 Å². The molecule has 0 saturated carbocycles. The Morgan fingerprint density at radius 3 is 2.60 bits per heavy atom. The van der Waals surface area contributed by atoms with E-state index in [0.717, 1.165) is 41.8 Å². The van der Waals surface area contributed by atoms with Crippen LogP contribution in [-0.2, 0) is 0 Å². The normalized spacial score (nSPS) is 18.6. The van der Waals surface area contributed by atoms with Gasteiger partial charge in [0.25, 0.3) is 0 Å². The van der Waals surface area contributed by atoms with Gasteiger partial charge in [0.05, 0.1) is 0 Å². The van der Waals surface area contributed by atoms with Crippen LogP contribution in [0, 0.1) is 11.8 Å². The summed E-state index contributed by atoms with van der Waals surface area (Å²) in [6.07, 6.45) is 3.61. The van der Waals surface area contributed by atoms with E-state index in [1.54, 1.807) is 12.4 Å². The van der Waals surface area contributed by atoms with E-state index in [9.17, 15) is 0 Å². The van der Waals surface area contributed by atoms with Gasteiger partial charge in [0.2, 0.25) is 0 Å². The molecule has 3 rings (SSSR count). The molecule has 0 spiro atoms. The molecule has 20 heavy (non-hydrogen) atoms. The van der Waals surface area contributed by atoms with E-state index in [0.29, 0.717) is 0 Å². The number of allylic oxidation sites excluding steroid dienone is 1. The zero-order chi connectivity index (χ0) is 13.8. The number of hydrogen-bond acceptors (Lipinski definition) is 5. The number of aromatic nitrogens is 2. The van der Waals surface area contributed by atoms with Crippen LogP contribution in [0.2, 0.25) is 0 Å². The maximum atomic E-state index is 4.42. The summed E-state index contributed by atoms with van der Waals surface area (Å²) in [5.74, 6) is 9.28. The first-order valence-corrected chi connectivity index (χ1v) is 9.85. The summed E-state index contributed by atoms with van der Waals surface area (Å²) in [6.45, 7) is 4.12. The van der Waals surface area contributed by atoms with Crippen molar-refractivity contribution < 1.29 is 21.2 Å². The van der Waals surface area contributed by atoms with Gasteiger partial charge in [-0.15, -0.1) is 0 Å². The molecule has 0 aromatic carbocycles. The van der Waals surface area contributed by atoms with Gasteiger partial charge in [-0.2, -0.15) is 0 Å². The molecule has 1 saturated heterocycles. The zero-order valence-corrected chi connectivity index (χ0v) is 14.1. The van der Waals surface area contributed by atoms with E-state index in [1.807, 2.05) is 11.8 Å². The second kappa shape index (κ2) is 6.59. The van der Waals surface area contributed by atoms with Crippen LogP contribution in [-0.4, -0.2) is 38.3 Å². The van der Waals surface area contributed by atoms with Gasteiger partial charge in [-0.1, -0.05) is 0 Å². The quantitative estimate of drug-likeness (QED) is 0.439. The van der Waals surface area contributed by atoms with Crippen molar-refractivity contribution in [3.63, 3.8) is 0 Å². The van der Waals surface area contributed by atoms with E-state index in [4.69, 9.17) is 0 Å². The average molecular weight is 397 g/mol. The van der Waals surface area contributed by atoms with Gasteiger partial charge in [0.15, 0.2) is 0 Å². The third-order valence-corrected chi connectivity index (χ3v) is 5.84. The van der Waals surface area contributed by atoms with Crippen LogP contribution in [0.1, 0.15) is 12.5 Å². The Hall–Kier alpha value is -1.07. The molecule has 2 aliphatic rings. The van der Waals surface area contributed by atoms with Gasteiger partial charge >= 0.3 is 134 Å². The standard InChI is InChI=1S/C14H14IN4S/c1-11-15-8-13(18-11)3-2-12-9-16-14(17-10-12)19-4-6-20-7-5-19/h8-10H,4-7H2,1H3/q-1. The number of nitrogens with zero attached hydrogens (tertiary/aromatic N) is 4. The molecule has 0 radical (unpaired) electrons. The predicted octanol–water partition coefficient (Wildman–Crippen LogP) is -1.26. The molecule has 0 atom stereocenters. The van der Waals surface area contributed by atoms with Crippen LogP contribution >= 0.6 is 11.8 Å². The molecule has 0 amide bonds. The molecule has 0 aliphatic carbocycles. The molecular formula is C14H14IN4S-. The third-order valence-electron chi connectivity index (χ3n) is 2.86. The Bertz CT molecular complexity index is 606. The second-order valence-corrected chi connectivity index (χ2v) is 8.37. The van der Waals surface area contributed by atoms with Gasteiger partial charge in [-0.05, 0) is 0 Å². The number of aliphatic imine (C=N–C) groups is 1. The predicted molar refractivity (Wildman–Crippen MR) is 79.6 cm³/mol. The molecule has 0 unspecified atom stereocenters. The van der Waals surface area contributed by atoms with Gasteiger partial charge in [-0.25, -0.2) is 0 Å².